The van der Waals surface area contributed by atoms with Crippen molar-refractivity contribution in [3.63, 3.8) is 0 Å². The van der Waals surface area contributed by atoms with Gasteiger partial charge in [-0.1, -0.05) is 37.3 Å². The van der Waals surface area contributed by atoms with Crippen molar-refractivity contribution in [1.82, 2.24) is 0 Å². The predicted molar refractivity (Wildman–Crippen MR) is 75.5 cm³/mol. The van der Waals surface area contributed by atoms with Crippen LogP contribution in [0.2, 0.25) is 0 Å². The number of hydrogen-bond donors (Lipinski definition) is 1. The number of Topliss-reactive ketones (excluding diaryl/α,β-unsaturated/α-hetero) is 1. The van der Waals surface area contributed by atoms with Crippen molar-refractivity contribution in [3.8, 4) is 0 Å². The van der Waals surface area contributed by atoms with E-state index in [9.17, 15) is 9.59 Å². The van der Waals surface area contributed by atoms with Crippen molar-refractivity contribution in [2.75, 3.05) is 5.32 Å². The molecule has 0 spiro atoms. The molecule has 0 radical (unpaired) electrons. The van der Waals surface area contributed by atoms with Crippen LogP contribution >= 0.6 is 0 Å². The van der Waals surface area contributed by atoms with E-state index >= 15 is 0 Å². The molecule has 0 saturated carbocycles. The van der Waals surface area contributed by atoms with Crippen LogP contribution in [0, 0.1) is 0 Å². The number of carbonyl (C=O) groups excluding carboxylic acids is 2. The summed E-state index contributed by atoms with van der Waals surface area (Å²) >= 11 is 0. The third-order valence-electron chi connectivity index (χ3n) is 2.82. The van der Waals surface area contributed by atoms with Gasteiger partial charge in [0.1, 0.15) is 0 Å². The first-order chi connectivity index (χ1) is 9.20. The lowest BCUT2D eigenvalue weighted by molar-refractivity contribution is 0.0984. The molecule has 0 aliphatic carbocycles. The Hall–Kier alpha value is -2.42. The first-order valence-electron chi connectivity index (χ1n) is 6.20. The molecule has 0 saturated heterocycles. The van der Waals surface area contributed by atoms with Gasteiger partial charge >= 0.3 is 0 Å². The number of ketones is 1. The van der Waals surface area contributed by atoms with Crippen LogP contribution in [0.25, 0.3) is 0 Å². The number of para-hydroxylation sites is 1. The quantitative estimate of drug-likeness (QED) is 0.847. The van der Waals surface area contributed by atoms with Crippen LogP contribution in [0.15, 0.2) is 54.6 Å². The second-order valence-electron chi connectivity index (χ2n) is 4.17. The normalized spacial score (nSPS) is 9.95. The maximum atomic E-state index is 12.0. The molecule has 2 aromatic rings. The summed E-state index contributed by atoms with van der Waals surface area (Å²) in [5.74, 6) is -0.100. The van der Waals surface area contributed by atoms with Crippen molar-refractivity contribution in [3.05, 3.63) is 65.7 Å². The summed E-state index contributed by atoms with van der Waals surface area (Å²) in [5.41, 5.74) is 1.93. The molecule has 3 nitrogen and oxygen atoms in total. The topological polar surface area (TPSA) is 46.2 Å². The maximum absolute atomic E-state index is 12.0. The third-order valence-corrected chi connectivity index (χ3v) is 2.82. The number of hydrogen-bond acceptors (Lipinski definition) is 2. The summed E-state index contributed by atoms with van der Waals surface area (Å²) in [6.45, 7) is 1.82. The SMILES string of the molecule is CCC(=O)c1ccc(C(=O)Nc2ccccc2)cc1. The lowest BCUT2D eigenvalue weighted by atomic mass is 10.1. The molecule has 0 bridgehead atoms. The number of amides is 1. The predicted octanol–water partition coefficient (Wildman–Crippen LogP) is 3.53. The first-order valence-corrected chi connectivity index (χ1v) is 6.20. The lowest BCUT2D eigenvalue weighted by Gasteiger charge is -2.05. The fourth-order valence-corrected chi connectivity index (χ4v) is 1.74. The molecule has 0 unspecified atom stereocenters. The summed E-state index contributed by atoms with van der Waals surface area (Å²) in [4.78, 5) is 23.5. The zero-order chi connectivity index (χ0) is 13.7. The largest absolute Gasteiger partial charge is 0.322 e. The third kappa shape index (κ3) is 3.28. The second-order valence-corrected chi connectivity index (χ2v) is 4.17. The van der Waals surface area contributed by atoms with Gasteiger partial charge < -0.3 is 5.32 Å². The summed E-state index contributed by atoms with van der Waals surface area (Å²) < 4.78 is 0. The molecule has 0 heterocycles. The van der Waals surface area contributed by atoms with Gasteiger partial charge in [0, 0.05) is 23.2 Å². The summed E-state index contributed by atoms with van der Waals surface area (Å²) in [6, 6.07) is 16.0. The van der Waals surface area contributed by atoms with E-state index in [2.05, 4.69) is 5.32 Å². The molecule has 2 aromatic carbocycles. The highest BCUT2D eigenvalue weighted by Gasteiger charge is 2.07. The van der Waals surface area contributed by atoms with Gasteiger partial charge in [-0.15, -0.1) is 0 Å². The highest BCUT2D eigenvalue weighted by Crippen LogP contribution is 2.10. The maximum Gasteiger partial charge on any atom is 0.255 e. The van der Waals surface area contributed by atoms with Crippen LogP contribution < -0.4 is 5.32 Å². The van der Waals surface area contributed by atoms with E-state index in [1.807, 2.05) is 37.3 Å². The summed E-state index contributed by atoms with van der Waals surface area (Å²) in [6.07, 6.45) is 0.468. The Balaban J connectivity index is 2.10. The van der Waals surface area contributed by atoms with E-state index in [0.29, 0.717) is 17.5 Å². The van der Waals surface area contributed by atoms with Crippen LogP contribution in [-0.4, -0.2) is 11.7 Å². The zero-order valence-electron chi connectivity index (χ0n) is 10.7. The monoisotopic (exact) mass is 253 g/mol. The van der Waals surface area contributed by atoms with Crippen molar-refractivity contribution < 1.29 is 9.59 Å². The van der Waals surface area contributed by atoms with E-state index in [1.54, 1.807) is 24.3 Å². The van der Waals surface area contributed by atoms with Crippen LogP contribution in [0.3, 0.4) is 0 Å². The first kappa shape index (κ1) is 13.0. The fourth-order valence-electron chi connectivity index (χ4n) is 1.74. The van der Waals surface area contributed by atoms with Gasteiger partial charge in [-0.25, -0.2) is 0 Å². The van der Waals surface area contributed by atoms with Crippen LogP contribution in [-0.2, 0) is 0 Å². The molecule has 3 heteroatoms. The Kier molecular flexibility index (Phi) is 4.08. The van der Waals surface area contributed by atoms with Crippen LogP contribution in [0.5, 0.6) is 0 Å². The molecule has 0 aromatic heterocycles. The molecule has 0 aliphatic heterocycles. The van der Waals surface area contributed by atoms with Gasteiger partial charge in [0.15, 0.2) is 5.78 Å². The fraction of sp³-hybridized carbons (Fsp3) is 0.125. The number of nitrogens with one attached hydrogen (secondary N) is 1. The minimum Gasteiger partial charge on any atom is -0.322 e. The molecule has 96 valence electrons. The Morgan fingerprint density at radius 2 is 1.47 bits per heavy atom. The Morgan fingerprint density at radius 3 is 2.05 bits per heavy atom. The van der Waals surface area contributed by atoms with Gasteiger partial charge in [0.05, 0.1) is 0 Å². The van der Waals surface area contributed by atoms with E-state index < -0.39 is 0 Å². The van der Waals surface area contributed by atoms with E-state index in [4.69, 9.17) is 0 Å². The van der Waals surface area contributed by atoms with Gasteiger partial charge in [0.2, 0.25) is 0 Å². The molecule has 2 rings (SSSR count). The summed E-state index contributed by atoms with van der Waals surface area (Å²) in [7, 11) is 0. The molecule has 1 amide bonds. The minimum absolute atomic E-state index is 0.0787. The minimum atomic E-state index is -0.179. The molecule has 0 aliphatic rings. The Labute approximate surface area is 112 Å². The number of benzene rings is 2. The smallest absolute Gasteiger partial charge is 0.255 e. The van der Waals surface area contributed by atoms with Gasteiger partial charge in [-0.3, -0.25) is 9.59 Å². The Morgan fingerprint density at radius 1 is 0.895 bits per heavy atom. The average Bonchev–Trinajstić information content (AvgIpc) is 2.47. The van der Waals surface area contributed by atoms with Crippen molar-refractivity contribution in [2.45, 2.75) is 13.3 Å². The van der Waals surface area contributed by atoms with Crippen LogP contribution in [0.1, 0.15) is 34.1 Å². The van der Waals surface area contributed by atoms with Crippen LogP contribution in [0.4, 0.5) is 5.69 Å². The number of rotatable bonds is 4. The molecule has 0 fully saturated rings. The zero-order valence-corrected chi connectivity index (χ0v) is 10.7. The molecule has 0 atom stereocenters. The molecule has 19 heavy (non-hydrogen) atoms. The van der Waals surface area contributed by atoms with E-state index in [0.717, 1.165) is 5.69 Å². The standard InChI is InChI=1S/C16H15NO2/c1-2-15(18)12-8-10-13(11-9-12)16(19)17-14-6-4-3-5-7-14/h3-11H,2H2,1H3,(H,17,19). The second kappa shape index (κ2) is 5.96. The van der Waals surface area contributed by atoms with Crippen molar-refractivity contribution in [1.29, 1.82) is 0 Å². The van der Waals surface area contributed by atoms with Gasteiger partial charge in [-0.05, 0) is 24.3 Å². The molecular formula is C16H15NO2. The van der Waals surface area contributed by atoms with E-state index in [-0.39, 0.29) is 11.7 Å². The molecule has 1 N–H and O–H groups in total. The van der Waals surface area contributed by atoms with Gasteiger partial charge in [0.25, 0.3) is 5.91 Å². The molecular weight excluding hydrogens is 238 g/mol. The number of carbonyl (C=O) groups is 2. The van der Waals surface area contributed by atoms with E-state index in [1.165, 1.54) is 0 Å². The van der Waals surface area contributed by atoms with Crippen molar-refractivity contribution in [2.24, 2.45) is 0 Å². The Bertz CT molecular complexity index is 573. The highest BCUT2D eigenvalue weighted by atomic mass is 16.1. The van der Waals surface area contributed by atoms with Gasteiger partial charge in [-0.2, -0.15) is 0 Å². The average molecular weight is 253 g/mol. The van der Waals surface area contributed by atoms with Crippen molar-refractivity contribution >= 4 is 17.4 Å². The lowest BCUT2D eigenvalue weighted by Crippen LogP contribution is -2.12. The highest BCUT2D eigenvalue weighted by molar-refractivity contribution is 6.05. The number of anilines is 1. The summed E-state index contributed by atoms with van der Waals surface area (Å²) in [5, 5.41) is 2.80.